The second-order valence-corrected chi connectivity index (χ2v) is 6.61. The number of ether oxygens (including phenoxy) is 3. The van der Waals surface area contributed by atoms with Gasteiger partial charge in [0.15, 0.2) is 0 Å². The van der Waals surface area contributed by atoms with E-state index in [1.54, 1.807) is 31.5 Å². The number of benzene rings is 3. The van der Waals surface area contributed by atoms with Crippen LogP contribution in [0.25, 0.3) is 0 Å². The van der Waals surface area contributed by atoms with Crippen molar-refractivity contribution in [3.8, 4) is 17.2 Å². The van der Waals surface area contributed by atoms with Crippen LogP contribution in [0.4, 0.5) is 0 Å². The van der Waals surface area contributed by atoms with Gasteiger partial charge in [0.2, 0.25) is 0 Å². The lowest BCUT2D eigenvalue weighted by atomic mass is 10.2. The maximum absolute atomic E-state index is 12.4. The summed E-state index contributed by atoms with van der Waals surface area (Å²) in [7, 11) is 3.05. The highest BCUT2D eigenvalue weighted by Crippen LogP contribution is 2.24. The molecule has 0 fully saturated rings. The molecule has 0 spiro atoms. The van der Waals surface area contributed by atoms with Gasteiger partial charge in [-0.15, -0.1) is 0 Å². The van der Waals surface area contributed by atoms with E-state index < -0.39 is 0 Å². The van der Waals surface area contributed by atoms with Crippen LogP contribution in [0.5, 0.6) is 17.2 Å². The van der Waals surface area contributed by atoms with Crippen LogP contribution in [-0.2, 0) is 6.61 Å². The van der Waals surface area contributed by atoms with Gasteiger partial charge in [0.05, 0.1) is 26.0 Å². The van der Waals surface area contributed by atoms with E-state index in [2.05, 4.69) is 29.6 Å². The van der Waals surface area contributed by atoms with Crippen LogP contribution >= 0.6 is 0 Å². The molecule has 0 bridgehead atoms. The van der Waals surface area contributed by atoms with Crippen molar-refractivity contribution in [1.29, 1.82) is 0 Å². The molecule has 1 amide bonds. The number of nitrogens with zero attached hydrogens (tertiary/aromatic N) is 1. The Balaban J connectivity index is 1.60. The number of carbonyl (C=O) groups is 1. The predicted octanol–water partition coefficient (Wildman–Crippen LogP) is 4.36. The third kappa shape index (κ3) is 5.61. The first-order valence-electron chi connectivity index (χ1n) is 9.43. The van der Waals surface area contributed by atoms with E-state index in [1.807, 2.05) is 36.4 Å². The molecule has 3 aromatic rings. The van der Waals surface area contributed by atoms with Crippen molar-refractivity contribution in [3.05, 3.63) is 89.0 Å². The zero-order valence-corrected chi connectivity index (χ0v) is 17.2. The molecule has 6 heteroatoms. The Hall–Kier alpha value is -3.80. The largest absolute Gasteiger partial charge is 0.497 e. The molecule has 0 aliphatic rings. The Morgan fingerprint density at radius 1 is 0.967 bits per heavy atom. The van der Waals surface area contributed by atoms with Gasteiger partial charge in [-0.25, -0.2) is 5.43 Å². The quantitative estimate of drug-likeness (QED) is 0.448. The molecule has 0 radical (unpaired) electrons. The molecule has 0 aromatic heterocycles. The van der Waals surface area contributed by atoms with Crippen molar-refractivity contribution in [2.24, 2.45) is 5.10 Å². The summed E-state index contributed by atoms with van der Waals surface area (Å²) in [6, 6.07) is 20.7. The smallest absolute Gasteiger partial charge is 0.275 e. The van der Waals surface area contributed by atoms with Crippen LogP contribution in [0, 0.1) is 6.92 Å². The Bertz CT molecular complexity index is 1030. The molecule has 6 nitrogen and oxygen atoms in total. The highest BCUT2D eigenvalue weighted by Gasteiger charge is 2.12. The lowest BCUT2D eigenvalue weighted by molar-refractivity contribution is 0.0952. The number of hydrogen-bond acceptors (Lipinski definition) is 5. The molecular weight excluding hydrogens is 380 g/mol. The van der Waals surface area contributed by atoms with Gasteiger partial charge in [0.1, 0.15) is 23.9 Å². The first-order valence-corrected chi connectivity index (χ1v) is 9.43. The summed E-state index contributed by atoms with van der Waals surface area (Å²) in [6.45, 7) is 2.53. The minimum Gasteiger partial charge on any atom is -0.497 e. The Morgan fingerprint density at radius 2 is 1.77 bits per heavy atom. The molecule has 154 valence electrons. The van der Waals surface area contributed by atoms with Crippen LogP contribution in [0.2, 0.25) is 0 Å². The van der Waals surface area contributed by atoms with Crippen molar-refractivity contribution in [3.63, 3.8) is 0 Å². The van der Waals surface area contributed by atoms with Crippen LogP contribution in [0.15, 0.2) is 71.8 Å². The van der Waals surface area contributed by atoms with E-state index >= 15 is 0 Å². The Morgan fingerprint density at radius 3 is 2.50 bits per heavy atom. The van der Waals surface area contributed by atoms with Gasteiger partial charge in [-0.05, 0) is 42.3 Å². The number of rotatable bonds is 8. The van der Waals surface area contributed by atoms with E-state index in [9.17, 15) is 4.79 Å². The lowest BCUT2D eigenvalue weighted by Crippen LogP contribution is -2.18. The fourth-order valence-corrected chi connectivity index (χ4v) is 2.75. The first-order chi connectivity index (χ1) is 14.6. The van der Waals surface area contributed by atoms with E-state index in [0.717, 1.165) is 16.9 Å². The number of amides is 1. The van der Waals surface area contributed by atoms with Crippen molar-refractivity contribution in [2.45, 2.75) is 13.5 Å². The summed E-state index contributed by atoms with van der Waals surface area (Å²) in [4.78, 5) is 12.4. The fourth-order valence-electron chi connectivity index (χ4n) is 2.75. The summed E-state index contributed by atoms with van der Waals surface area (Å²) in [5, 5.41) is 4.04. The molecule has 0 atom stereocenters. The predicted molar refractivity (Wildman–Crippen MR) is 117 cm³/mol. The number of hydrogen-bond donors (Lipinski definition) is 1. The van der Waals surface area contributed by atoms with Gasteiger partial charge in [0, 0.05) is 6.07 Å². The van der Waals surface area contributed by atoms with Crippen molar-refractivity contribution < 1.29 is 19.0 Å². The first kappa shape index (κ1) is 20.9. The van der Waals surface area contributed by atoms with Crippen LogP contribution in [0.1, 0.15) is 27.0 Å². The molecular formula is C24H24N2O4. The highest BCUT2D eigenvalue weighted by atomic mass is 16.5. The summed E-state index contributed by atoms with van der Waals surface area (Å²) >= 11 is 0. The average Bonchev–Trinajstić information content (AvgIpc) is 2.78. The van der Waals surface area contributed by atoms with E-state index in [-0.39, 0.29) is 5.91 Å². The van der Waals surface area contributed by atoms with E-state index in [4.69, 9.17) is 14.2 Å². The minimum absolute atomic E-state index is 0.366. The van der Waals surface area contributed by atoms with E-state index in [0.29, 0.717) is 23.7 Å². The summed E-state index contributed by atoms with van der Waals surface area (Å²) in [5.41, 5.74) is 5.99. The molecule has 0 heterocycles. The standard InChI is InChI=1S/C24H24N2O4/c1-17-7-9-18(10-8-17)16-30-21-6-4-5-19(13-21)15-25-26-24(27)22-12-11-20(28-2)14-23(22)29-3/h4-15H,16H2,1-3H3,(H,26,27)/b25-15+. The molecule has 3 rings (SSSR count). The highest BCUT2D eigenvalue weighted by molar-refractivity contribution is 5.97. The summed E-state index contributed by atoms with van der Waals surface area (Å²) < 4.78 is 16.2. The molecule has 30 heavy (non-hydrogen) atoms. The van der Waals surface area contributed by atoms with E-state index in [1.165, 1.54) is 12.7 Å². The third-order valence-electron chi connectivity index (χ3n) is 4.42. The average molecular weight is 404 g/mol. The van der Waals surface area contributed by atoms with Crippen molar-refractivity contribution >= 4 is 12.1 Å². The molecule has 0 unspecified atom stereocenters. The van der Waals surface area contributed by atoms with Gasteiger partial charge in [-0.3, -0.25) is 4.79 Å². The van der Waals surface area contributed by atoms with Crippen molar-refractivity contribution in [2.75, 3.05) is 14.2 Å². The number of nitrogens with one attached hydrogen (secondary N) is 1. The van der Waals surface area contributed by atoms with Crippen LogP contribution in [0.3, 0.4) is 0 Å². The van der Waals surface area contributed by atoms with Gasteiger partial charge in [-0.1, -0.05) is 42.0 Å². The lowest BCUT2D eigenvalue weighted by Gasteiger charge is -2.09. The fraction of sp³-hybridized carbons (Fsp3) is 0.167. The second-order valence-electron chi connectivity index (χ2n) is 6.61. The molecule has 3 aromatic carbocycles. The maximum Gasteiger partial charge on any atom is 0.275 e. The number of aryl methyl sites for hydroxylation is 1. The molecule has 0 aliphatic carbocycles. The molecule has 0 saturated carbocycles. The van der Waals surface area contributed by atoms with Crippen molar-refractivity contribution in [1.82, 2.24) is 5.43 Å². The number of hydrazone groups is 1. The topological polar surface area (TPSA) is 69.2 Å². The Labute approximate surface area is 176 Å². The zero-order chi connectivity index (χ0) is 21.3. The summed E-state index contributed by atoms with van der Waals surface area (Å²) in [6.07, 6.45) is 1.56. The second kappa shape index (κ2) is 10.1. The Kier molecular flexibility index (Phi) is 7.05. The summed E-state index contributed by atoms with van der Waals surface area (Å²) in [5.74, 6) is 1.36. The maximum atomic E-state index is 12.4. The van der Waals surface area contributed by atoms with Gasteiger partial charge >= 0.3 is 0 Å². The monoisotopic (exact) mass is 404 g/mol. The minimum atomic E-state index is -0.377. The normalized spacial score (nSPS) is 10.6. The number of methoxy groups -OCH3 is 2. The van der Waals surface area contributed by atoms with Crippen LogP contribution < -0.4 is 19.6 Å². The van der Waals surface area contributed by atoms with Gasteiger partial charge < -0.3 is 14.2 Å². The third-order valence-corrected chi connectivity index (χ3v) is 4.42. The number of carbonyl (C=O) groups excluding carboxylic acids is 1. The van der Waals surface area contributed by atoms with Gasteiger partial charge in [-0.2, -0.15) is 5.10 Å². The molecule has 0 aliphatic heterocycles. The SMILES string of the molecule is COc1ccc(C(=O)N/N=C/c2cccc(OCc3ccc(C)cc3)c2)c(OC)c1. The van der Waals surface area contributed by atoms with Crippen LogP contribution in [-0.4, -0.2) is 26.3 Å². The van der Waals surface area contributed by atoms with Gasteiger partial charge in [0.25, 0.3) is 5.91 Å². The molecule has 1 N–H and O–H groups in total. The molecule has 0 saturated heterocycles. The zero-order valence-electron chi connectivity index (χ0n) is 17.2.